The number of imide groups is 2. The second-order valence-corrected chi connectivity index (χ2v) is 14.4. The van der Waals surface area contributed by atoms with Gasteiger partial charge < -0.3 is 35.8 Å². The lowest BCUT2D eigenvalue weighted by Crippen LogP contribution is -2.69. The number of anilines is 1. The highest BCUT2D eigenvalue weighted by Gasteiger charge is 2.71. The average molecular weight is 741 g/mol. The van der Waals surface area contributed by atoms with Gasteiger partial charge in [-0.15, -0.1) is 10.2 Å². The van der Waals surface area contributed by atoms with Crippen molar-refractivity contribution in [2.24, 2.45) is 10.8 Å². The predicted octanol–water partition coefficient (Wildman–Crippen LogP) is 0.625. The normalized spacial score (nSPS) is 22.6. The Morgan fingerprint density at radius 3 is 2.43 bits per heavy atom. The molecule has 282 valence electrons. The number of likely N-dealkylation sites (N-methyl/N-ethyl adjacent to an activating group) is 1. The molecule has 6 amide bonds. The molecule has 6 N–H and O–H groups in total. The molecule has 3 saturated carbocycles. The van der Waals surface area contributed by atoms with Crippen LogP contribution in [0, 0.1) is 10.8 Å². The second-order valence-electron chi connectivity index (χ2n) is 14.4. The van der Waals surface area contributed by atoms with Crippen LogP contribution in [0.1, 0.15) is 52.8 Å². The van der Waals surface area contributed by atoms with E-state index in [2.05, 4.69) is 26.1 Å². The molecule has 3 aromatic rings. The molecule has 54 heavy (non-hydrogen) atoms. The Bertz CT molecular complexity index is 2040. The van der Waals surface area contributed by atoms with Crippen molar-refractivity contribution in [3.05, 3.63) is 59.7 Å². The third-order valence-corrected chi connectivity index (χ3v) is 10.5. The molecular weight excluding hydrogens is 700 g/mol. The van der Waals surface area contributed by atoms with Crippen LogP contribution < -0.4 is 31.2 Å². The number of phenols is 1. The van der Waals surface area contributed by atoms with E-state index in [0.717, 1.165) is 24.2 Å². The minimum absolute atomic E-state index is 0.00469. The third-order valence-electron chi connectivity index (χ3n) is 10.5. The molecule has 1 unspecified atom stereocenters. The van der Waals surface area contributed by atoms with Gasteiger partial charge in [0.1, 0.15) is 23.2 Å². The van der Waals surface area contributed by atoms with Crippen molar-refractivity contribution in [2.75, 3.05) is 52.2 Å². The molecule has 3 heterocycles. The summed E-state index contributed by atoms with van der Waals surface area (Å²) in [5.74, 6) is -2.33. The van der Waals surface area contributed by atoms with Crippen LogP contribution in [0.3, 0.4) is 0 Å². The van der Waals surface area contributed by atoms with E-state index >= 15 is 0 Å². The summed E-state index contributed by atoms with van der Waals surface area (Å²) in [6, 6.07) is 11.8. The number of carbonyl (C=O) groups is 6. The number of hydrogen-bond donors (Lipinski definition) is 5. The maximum absolute atomic E-state index is 13.2. The Labute approximate surface area is 309 Å². The van der Waals surface area contributed by atoms with Crippen molar-refractivity contribution in [1.29, 1.82) is 0 Å². The Kier molecular flexibility index (Phi) is 9.66. The fraction of sp³-hybridized carbons (Fsp3) is 0.405. The number of ether oxygens (including phenoxy) is 2. The molecule has 0 radical (unpaired) electrons. The molecule has 1 atom stereocenters. The number of aromatic hydroxyl groups is 1. The predicted molar refractivity (Wildman–Crippen MR) is 190 cm³/mol. The average Bonchev–Trinajstić information content (AvgIpc) is 3.36. The fourth-order valence-electron chi connectivity index (χ4n) is 7.79. The van der Waals surface area contributed by atoms with Gasteiger partial charge in [0.2, 0.25) is 17.7 Å². The number of nitrogens with zero attached hydrogens (tertiary/aromatic N) is 4. The van der Waals surface area contributed by atoms with Crippen LogP contribution in [0.25, 0.3) is 11.3 Å². The first kappa shape index (κ1) is 36.3. The Morgan fingerprint density at radius 2 is 1.69 bits per heavy atom. The standard InChI is InChI=1S/C37H40N8O9/c1-44(13-11-39-29(48)16-53-26-8-4-6-22-30(26)34(51)45(33(22)50)24-9-10-28(47)41-32(24)49)14-12-40-35(52)37-17-36(18-37,19-37)20-54-27-15-23(42-43-31(27)38)21-5-2-3-7-25(21)46/h2-8,15,24,46H,9-14,16-20H2,1H3,(H2,38,43)(H,39,48)(H,40,52)(H,41,47,49). The van der Waals surface area contributed by atoms with Crippen molar-refractivity contribution >= 4 is 41.3 Å². The van der Waals surface area contributed by atoms with Crippen LogP contribution in [0.15, 0.2) is 48.5 Å². The lowest BCUT2D eigenvalue weighted by atomic mass is 9.35. The number of nitrogens with two attached hydrogens (primary N) is 1. The van der Waals surface area contributed by atoms with Gasteiger partial charge in [-0.1, -0.05) is 18.2 Å². The van der Waals surface area contributed by atoms with Gasteiger partial charge in [0, 0.05) is 49.6 Å². The third kappa shape index (κ3) is 6.89. The highest BCUT2D eigenvalue weighted by atomic mass is 16.5. The van der Waals surface area contributed by atoms with E-state index in [4.69, 9.17) is 15.2 Å². The first-order chi connectivity index (χ1) is 25.9. The number of aromatic nitrogens is 2. The molecule has 5 aliphatic rings. The lowest BCUT2D eigenvalue weighted by molar-refractivity contribution is -0.217. The van der Waals surface area contributed by atoms with E-state index in [1.807, 2.05) is 11.9 Å². The summed E-state index contributed by atoms with van der Waals surface area (Å²) >= 11 is 0. The number of nitrogen functional groups attached to an aromatic ring is 1. The molecule has 2 aromatic carbocycles. The number of nitrogens with one attached hydrogen (secondary N) is 3. The van der Waals surface area contributed by atoms with Gasteiger partial charge in [-0.05, 0) is 57.0 Å². The smallest absolute Gasteiger partial charge is 0.266 e. The van der Waals surface area contributed by atoms with Gasteiger partial charge in [-0.2, -0.15) is 0 Å². The Morgan fingerprint density at radius 1 is 0.963 bits per heavy atom. The van der Waals surface area contributed by atoms with Crippen molar-refractivity contribution < 1.29 is 43.3 Å². The Balaban J connectivity index is 0.793. The highest BCUT2D eigenvalue weighted by Crippen LogP contribution is 2.73. The van der Waals surface area contributed by atoms with E-state index in [-0.39, 0.29) is 58.0 Å². The summed E-state index contributed by atoms with van der Waals surface area (Å²) in [6.07, 6.45) is 2.19. The molecule has 2 bridgehead atoms. The van der Waals surface area contributed by atoms with Crippen LogP contribution >= 0.6 is 0 Å². The number of para-hydroxylation sites is 1. The molecule has 2 aliphatic heterocycles. The monoisotopic (exact) mass is 740 g/mol. The van der Waals surface area contributed by atoms with E-state index in [1.54, 1.807) is 30.3 Å². The number of amides is 6. The zero-order valence-corrected chi connectivity index (χ0v) is 29.6. The molecule has 0 spiro atoms. The van der Waals surface area contributed by atoms with Crippen LogP contribution in [0.5, 0.6) is 17.2 Å². The van der Waals surface area contributed by atoms with Gasteiger partial charge in [0.25, 0.3) is 17.7 Å². The summed E-state index contributed by atoms with van der Waals surface area (Å²) in [5.41, 5.74) is 6.51. The molecule has 1 aromatic heterocycles. The first-order valence-corrected chi connectivity index (χ1v) is 17.6. The minimum Gasteiger partial charge on any atom is -0.507 e. The fourth-order valence-corrected chi connectivity index (χ4v) is 7.79. The largest absolute Gasteiger partial charge is 0.507 e. The number of hydrogen-bond acceptors (Lipinski definition) is 13. The molecule has 3 aliphatic carbocycles. The van der Waals surface area contributed by atoms with Crippen LogP contribution in [0.2, 0.25) is 0 Å². The minimum atomic E-state index is -1.11. The molecular formula is C37H40N8O9. The van der Waals surface area contributed by atoms with Gasteiger partial charge in [0.05, 0.1) is 23.1 Å². The van der Waals surface area contributed by atoms with Gasteiger partial charge in [-0.25, -0.2) is 0 Å². The number of rotatable bonds is 15. The van der Waals surface area contributed by atoms with Crippen LogP contribution in [0.4, 0.5) is 5.82 Å². The number of fused-ring (bicyclic) bond motifs is 1. The quantitative estimate of drug-likeness (QED) is 0.135. The molecule has 4 fully saturated rings. The summed E-state index contributed by atoms with van der Waals surface area (Å²) in [4.78, 5) is 78.5. The van der Waals surface area contributed by atoms with E-state index in [9.17, 15) is 33.9 Å². The van der Waals surface area contributed by atoms with Crippen molar-refractivity contribution in [1.82, 2.24) is 35.9 Å². The summed E-state index contributed by atoms with van der Waals surface area (Å²) in [7, 11) is 1.87. The highest BCUT2D eigenvalue weighted by molar-refractivity contribution is 6.24. The molecule has 17 heteroatoms. The second kappa shape index (κ2) is 14.4. The topological polar surface area (TPSA) is 235 Å². The van der Waals surface area contributed by atoms with E-state index < -0.39 is 42.2 Å². The number of piperidine rings is 1. The van der Waals surface area contributed by atoms with Crippen LogP contribution in [-0.2, 0) is 19.2 Å². The summed E-state index contributed by atoms with van der Waals surface area (Å²) < 4.78 is 11.7. The molecule has 1 saturated heterocycles. The Hall–Kier alpha value is -6.10. The van der Waals surface area contributed by atoms with E-state index in [0.29, 0.717) is 49.8 Å². The maximum atomic E-state index is 13.2. The van der Waals surface area contributed by atoms with Crippen molar-refractivity contribution in [3.63, 3.8) is 0 Å². The maximum Gasteiger partial charge on any atom is 0.266 e. The molecule has 8 rings (SSSR count). The first-order valence-electron chi connectivity index (χ1n) is 17.6. The van der Waals surface area contributed by atoms with Gasteiger partial charge >= 0.3 is 0 Å². The SMILES string of the molecule is CN(CCNC(=O)COc1cccc2c1C(=O)N(C1CCC(=O)NC1=O)C2=O)CCNC(=O)C12CC(COc3cc(-c4ccccc4O)nnc3N)(C1)C2. The van der Waals surface area contributed by atoms with Crippen molar-refractivity contribution in [3.8, 4) is 28.5 Å². The zero-order valence-electron chi connectivity index (χ0n) is 29.6. The zero-order chi connectivity index (χ0) is 38.2. The summed E-state index contributed by atoms with van der Waals surface area (Å²) in [5, 5.41) is 26.2. The van der Waals surface area contributed by atoms with Crippen LogP contribution in [-0.4, -0.2) is 113 Å². The van der Waals surface area contributed by atoms with Crippen molar-refractivity contribution in [2.45, 2.75) is 38.1 Å². The lowest BCUT2D eigenvalue weighted by Gasteiger charge is -2.68. The van der Waals surface area contributed by atoms with E-state index in [1.165, 1.54) is 18.2 Å². The number of phenolic OH excluding ortho intramolecular Hbond substituents is 1. The van der Waals surface area contributed by atoms with Gasteiger partial charge in [0.15, 0.2) is 18.2 Å². The summed E-state index contributed by atoms with van der Waals surface area (Å²) in [6.45, 7) is 1.79. The number of benzene rings is 2. The van der Waals surface area contributed by atoms with Gasteiger partial charge in [-0.3, -0.25) is 39.0 Å². The number of carbonyl (C=O) groups excluding carboxylic acids is 6. The molecule has 17 nitrogen and oxygen atoms in total.